The Bertz CT molecular complexity index is 468. The van der Waals surface area contributed by atoms with Crippen molar-refractivity contribution in [2.45, 2.75) is 32.0 Å². The van der Waals surface area contributed by atoms with Gasteiger partial charge in [0.05, 0.1) is 5.56 Å². The fourth-order valence-corrected chi connectivity index (χ4v) is 1.56. The van der Waals surface area contributed by atoms with Crippen LogP contribution in [-0.4, -0.2) is 0 Å². The molecule has 5 heteroatoms. The lowest BCUT2D eigenvalue weighted by Gasteiger charge is -2.15. The number of hydrogen-bond donors (Lipinski definition) is 1. The second-order valence-corrected chi connectivity index (χ2v) is 3.78. The zero-order valence-corrected chi connectivity index (χ0v) is 9.81. The van der Waals surface area contributed by atoms with Gasteiger partial charge in [-0.2, -0.15) is 13.2 Å². The van der Waals surface area contributed by atoms with Crippen molar-refractivity contribution in [1.29, 1.82) is 0 Å². The zero-order valence-electron chi connectivity index (χ0n) is 9.81. The summed E-state index contributed by atoms with van der Waals surface area (Å²) in [5.41, 5.74) is 4.27. The van der Waals surface area contributed by atoms with Gasteiger partial charge in [0, 0.05) is 18.0 Å². The number of nitrogens with two attached hydrogens (primary N) is 1. The smallest absolute Gasteiger partial charge is 0.324 e. The van der Waals surface area contributed by atoms with Crippen molar-refractivity contribution in [1.82, 2.24) is 0 Å². The van der Waals surface area contributed by atoms with Crippen molar-refractivity contribution in [3.05, 3.63) is 35.1 Å². The summed E-state index contributed by atoms with van der Waals surface area (Å²) in [5.74, 6) is 4.09. The Morgan fingerprint density at radius 2 is 2.00 bits per heavy atom. The Balaban J connectivity index is 2.99. The van der Waals surface area contributed by atoms with E-state index >= 15 is 0 Å². The van der Waals surface area contributed by atoms with E-state index in [-0.39, 0.29) is 5.56 Å². The van der Waals surface area contributed by atoms with Crippen molar-refractivity contribution >= 4 is 0 Å². The molecule has 0 spiro atoms. The summed E-state index contributed by atoms with van der Waals surface area (Å²) in [6.45, 7) is 1.65. The minimum absolute atomic E-state index is 0.122. The van der Waals surface area contributed by atoms with Crippen LogP contribution in [0.3, 0.4) is 0 Å². The molecule has 0 amide bonds. The van der Waals surface area contributed by atoms with Gasteiger partial charge in [0.15, 0.2) is 0 Å². The van der Waals surface area contributed by atoms with E-state index in [1.54, 1.807) is 6.92 Å². The van der Waals surface area contributed by atoms with Crippen molar-refractivity contribution in [2.75, 3.05) is 0 Å². The summed E-state index contributed by atoms with van der Waals surface area (Å²) in [5, 5.41) is 0. The van der Waals surface area contributed by atoms with Crippen molar-refractivity contribution in [3.8, 4) is 11.8 Å². The van der Waals surface area contributed by atoms with E-state index in [4.69, 9.17) is 5.73 Å². The maximum atomic E-state index is 13.7. The molecular weight excluding hydrogens is 246 g/mol. The van der Waals surface area contributed by atoms with E-state index in [1.165, 1.54) is 6.07 Å². The highest BCUT2D eigenvalue weighted by atomic mass is 19.4. The first-order valence-electron chi connectivity index (χ1n) is 5.38. The molecule has 0 aliphatic rings. The SMILES string of the molecule is CC#CCCC(N)c1cccc(C(F)(F)F)c1F. The van der Waals surface area contributed by atoms with Gasteiger partial charge in [0.1, 0.15) is 5.82 Å². The Morgan fingerprint density at radius 3 is 2.56 bits per heavy atom. The van der Waals surface area contributed by atoms with Crippen LogP contribution in [0, 0.1) is 17.7 Å². The van der Waals surface area contributed by atoms with Crippen LogP contribution in [0.5, 0.6) is 0 Å². The molecule has 18 heavy (non-hydrogen) atoms. The molecule has 0 heterocycles. The van der Waals surface area contributed by atoms with Crippen LogP contribution in [0.4, 0.5) is 17.6 Å². The first-order valence-corrected chi connectivity index (χ1v) is 5.38. The Morgan fingerprint density at radius 1 is 1.33 bits per heavy atom. The Kier molecular flexibility index (Phi) is 4.74. The summed E-state index contributed by atoms with van der Waals surface area (Å²) >= 11 is 0. The third kappa shape index (κ3) is 3.47. The fraction of sp³-hybridized carbons (Fsp3) is 0.385. The third-order valence-electron chi connectivity index (χ3n) is 2.49. The molecule has 1 aromatic rings. The molecule has 0 radical (unpaired) electrons. The van der Waals surface area contributed by atoms with Gasteiger partial charge >= 0.3 is 6.18 Å². The van der Waals surface area contributed by atoms with Crippen LogP contribution in [0.1, 0.15) is 36.9 Å². The average Bonchev–Trinajstić information content (AvgIpc) is 2.28. The number of hydrogen-bond acceptors (Lipinski definition) is 1. The van der Waals surface area contributed by atoms with Crippen LogP contribution in [-0.2, 0) is 6.18 Å². The van der Waals surface area contributed by atoms with Gasteiger partial charge in [-0.25, -0.2) is 4.39 Å². The third-order valence-corrected chi connectivity index (χ3v) is 2.49. The van der Waals surface area contributed by atoms with E-state index < -0.39 is 23.6 Å². The van der Waals surface area contributed by atoms with Crippen LogP contribution in [0.2, 0.25) is 0 Å². The Labute approximate surface area is 103 Å². The lowest BCUT2D eigenvalue weighted by molar-refractivity contribution is -0.140. The predicted octanol–water partition coefficient (Wildman–Crippen LogP) is 3.65. The van der Waals surface area contributed by atoms with E-state index in [0.29, 0.717) is 18.9 Å². The summed E-state index contributed by atoms with van der Waals surface area (Å²) in [7, 11) is 0. The molecule has 1 rings (SSSR count). The molecule has 1 unspecified atom stereocenters. The molecule has 1 nitrogen and oxygen atoms in total. The van der Waals surface area contributed by atoms with Crippen molar-refractivity contribution < 1.29 is 17.6 Å². The van der Waals surface area contributed by atoms with Gasteiger partial charge in [-0.3, -0.25) is 0 Å². The highest BCUT2D eigenvalue weighted by molar-refractivity contribution is 5.30. The number of alkyl halides is 3. The highest BCUT2D eigenvalue weighted by Gasteiger charge is 2.35. The first-order chi connectivity index (χ1) is 8.38. The molecule has 0 aliphatic carbocycles. The van der Waals surface area contributed by atoms with Crippen LogP contribution in [0.25, 0.3) is 0 Å². The molecule has 0 bridgehead atoms. The monoisotopic (exact) mass is 259 g/mol. The van der Waals surface area contributed by atoms with Crippen LogP contribution in [0.15, 0.2) is 18.2 Å². The molecule has 0 fully saturated rings. The fourth-order valence-electron chi connectivity index (χ4n) is 1.56. The largest absolute Gasteiger partial charge is 0.419 e. The maximum Gasteiger partial charge on any atom is 0.419 e. The van der Waals surface area contributed by atoms with E-state index in [0.717, 1.165) is 6.07 Å². The lowest BCUT2D eigenvalue weighted by atomic mass is 9.99. The van der Waals surface area contributed by atoms with Gasteiger partial charge in [0.2, 0.25) is 0 Å². The van der Waals surface area contributed by atoms with E-state index in [9.17, 15) is 17.6 Å². The van der Waals surface area contributed by atoms with Gasteiger partial charge < -0.3 is 5.73 Å². The average molecular weight is 259 g/mol. The highest BCUT2D eigenvalue weighted by Crippen LogP contribution is 2.34. The molecule has 0 aromatic heterocycles. The molecule has 2 N–H and O–H groups in total. The molecule has 1 aromatic carbocycles. The number of rotatable bonds is 3. The van der Waals surface area contributed by atoms with Crippen LogP contribution >= 0.6 is 0 Å². The second-order valence-electron chi connectivity index (χ2n) is 3.78. The normalized spacial score (nSPS) is 12.8. The minimum atomic E-state index is -4.71. The topological polar surface area (TPSA) is 26.0 Å². The Hall–Kier alpha value is -1.54. The van der Waals surface area contributed by atoms with Gasteiger partial charge in [-0.05, 0) is 19.4 Å². The standard InChI is InChI=1S/C13H13F4N/c1-2-3-4-8-11(18)9-6-5-7-10(12(9)14)13(15,16)17/h5-7,11H,4,8,18H2,1H3. The number of halogens is 4. The summed E-state index contributed by atoms with van der Waals surface area (Å²) in [6.07, 6.45) is -3.96. The minimum Gasteiger partial charge on any atom is -0.324 e. The molecule has 0 saturated heterocycles. The molecule has 0 aliphatic heterocycles. The summed E-state index contributed by atoms with van der Waals surface area (Å²) < 4.78 is 51.2. The van der Waals surface area contributed by atoms with E-state index in [2.05, 4.69) is 11.8 Å². The molecule has 0 saturated carbocycles. The summed E-state index contributed by atoms with van der Waals surface area (Å²) in [4.78, 5) is 0. The van der Waals surface area contributed by atoms with Gasteiger partial charge in [-0.1, -0.05) is 12.1 Å². The van der Waals surface area contributed by atoms with Crippen molar-refractivity contribution in [3.63, 3.8) is 0 Å². The summed E-state index contributed by atoms with van der Waals surface area (Å²) in [6, 6.07) is 2.35. The molecular formula is C13H13F4N. The number of benzene rings is 1. The predicted molar refractivity (Wildman–Crippen MR) is 61.0 cm³/mol. The lowest BCUT2D eigenvalue weighted by Crippen LogP contribution is -2.16. The van der Waals surface area contributed by atoms with E-state index in [1.807, 2.05) is 0 Å². The van der Waals surface area contributed by atoms with Gasteiger partial charge in [0.25, 0.3) is 0 Å². The zero-order chi connectivity index (χ0) is 13.8. The first kappa shape index (κ1) is 14.5. The second kappa shape index (κ2) is 5.87. The van der Waals surface area contributed by atoms with Gasteiger partial charge in [-0.15, -0.1) is 11.8 Å². The van der Waals surface area contributed by atoms with Crippen molar-refractivity contribution in [2.24, 2.45) is 5.73 Å². The maximum absolute atomic E-state index is 13.7. The molecule has 98 valence electrons. The quantitative estimate of drug-likeness (QED) is 0.650. The van der Waals surface area contributed by atoms with Crippen LogP contribution < -0.4 is 5.73 Å². The molecule has 1 atom stereocenters.